The maximum atomic E-state index is 6.26. The van der Waals surface area contributed by atoms with Crippen LogP contribution in [0, 0.1) is 5.92 Å². The Hall–Kier alpha value is -1.26. The van der Waals surface area contributed by atoms with Crippen LogP contribution in [0.25, 0.3) is 0 Å². The molecule has 1 aliphatic heterocycles. The summed E-state index contributed by atoms with van der Waals surface area (Å²) in [6, 6.07) is 8.15. The Labute approximate surface area is 145 Å². The van der Waals surface area contributed by atoms with Crippen molar-refractivity contribution in [2.75, 3.05) is 47.8 Å². The normalized spacial score (nSPS) is 16.2. The molecule has 0 spiro atoms. The van der Waals surface area contributed by atoms with Crippen LogP contribution >= 0.6 is 11.6 Å². The Morgan fingerprint density at radius 3 is 2.30 bits per heavy atom. The maximum Gasteiger partial charge on any atom is 0.195 e. The van der Waals surface area contributed by atoms with E-state index in [1.165, 1.54) is 18.4 Å². The van der Waals surface area contributed by atoms with Crippen LogP contribution in [-0.4, -0.2) is 68.5 Å². The SMILES string of the molecule is CN(C)C(=NCC1CCN(Cc2ccccc2Cl)CC1)N(C)C. The van der Waals surface area contributed by atoms with Crippen molar-refractivity contribution in [3.8, 4) is 0 Å². The van der Waals surface area contributed by atoms with E-state index >= 15 is 0 Å². The second-order valence-corrected chi connectivity index (χ2v) is 7.15. The summed E-state index contributed by atoms with van der Waals surface area (Å²) < 4.78 is 0. The Balaban J connectivity index is 1.82. The van der Waals surface area contributed by atoms with Gasteiger partial charge < -0.3 is 9.80 Å². The first-order valence-electron chi connectivity index (χ1n) is 8.32. The minimum atomic E-state index is 0.687. The standard InChI is InChI=1S/C18H29ClN4/c1-21(2)18(22(3)4)20-13-15-9-11-23(12-10-15)14-16-7-5-6-8-17(16)19/h5-8,15H,9-14H2,1-4H3. The van der Waals surface area contributed by atoms with Crippen LogP contribution in [-0.2, 0) is 6.54 Å². The number of piperidine rings is 1. The van der Waals surface area contributed by atoms with Gasteiger partial charge in [0.1, 0.15) is 0 Å². The monoisotopic (exact) mass is 336 g/mol. The minimum Gasteiger partial charge on any atom is -0.349 e. The highest BCUT2D eigenvalue weighted by Gasteiger charge is 2.20. The summed E-state index contributed by atoms with van der Waals surface area (Å²) in [7, 11) is 8.19. The molecule has 0 radical (unpaired) electrons. The molecule has 1 saturated heterocycles. The highest BCUT2D eigenvalue weighted by atomic mass is 35.5. The van der Waals surface area contributed by atoms with Crippen LogP contribution in [0.1, 0.15) is 18.4 Å². The van der Waals surface area contributed by atoms with E-state index in [2.05, 4.69) is 26.8 Å². The second kappa shape index (κ2) is 8.55. The van der Waals surface area contributed by atoms with Crippen molar-refractivity contribution in [3.63, 3.8) is 0 Å². The maximum absolute atomic E-state index is 6.26. The molecule has 1 fully saturated rings. The van der Waals surface area contributed by atoms with Gasteiger partial charge in [-0.15, -0.1) is 0 Å². The van der Waals surface area contributed by atoms with E-state index in [1.54, 1.807) is 0 Å². The van der Waals surface area contributed by atoms with E-state index in [4.69, 9.17) is 16.6 Å². The van der Waals surface area contributed by atoms with Gasteiger partial charge in [-0.3, -0.25) is 9.89 Å². The Morgan fingerprint density at radius 1 is 1.13 bits per heavy atom. The van der Waals surface area contributed by atoms with Crippen molar-refractivity contribution >= 4 is 17.6 Å². The summed E-state index contributed by atoms with van der Waals surface area (Å²) in [5.41, 5.74) is 1.23. The fourth-order valence-electron chi connectivity index (χ4n) is 3.09. The third kappa shape index (κ3) is 5.40. The zero-order valence-corrected chi connectivity index (χ0v) is 15.6. The summed E-state index contributed by atoms with van der Waals surface area (Å²) in [6.07, 6.45) is 2.42. The van der Waals surface area contributed by atoms with E-state index in [0.29, 0.717) is 5.92 Å². The molecule has 1 aromatic carbocycles. The first-order valence-corrected chi connectivity index (χ1v) is 8.70. The van der Waals surface area contributed by atoms with Crippen molar-refractivity contribution in [2.45, 2.75) is 19.4 Å². The van der Waals surface area contributed by atoms with Crippen LogP contribution < -0.4 is 0 Å². The number of nitrogens with zero attached hydrogens (tertiary/aromatic N) is 4. The predicted molar refractivity (Wildman–Crippen MR) is 99.1 cm³/mol. The van der Waals surface area contributed by atoms with Gasteiger partial charge in [0.15, 0.2) is 5.96 Å². The molecule has 4 nitrogen and oxygen atoms in total. The number of halogens is 1. The minimum absolute atomic E-state index is 0.687. The Bertz CT molecular complexity index is 510. The van der Waals surface area contributed by atoms with Gasteiger partial charge in [0.25, 0.3) is 0 Å². The molecule has 128 valence electrons. The predicted octanol–water partition coefficient (Wildman–Crippen LogP) is 3.03. The van der Waals surface area contributed by atoms with Gasteiger partial charge in [-0.05, 0) is 43.5 Å². The van der Waals surface area contributed by atoms with Gasteiger partial charge in [0.2, 0.25) is 0 Å². The van der Waals surface area contributed by atoms with E-state index < -0.39 is 0 Å². The van der Waals surface area contributed by atoms with Crippen LogP contribution in [0.3, 0.4) is 0 Å². The topological polar surface area (TPSA) is 22.1 Å². The smallest absolute Gasteiger partial charge is 0.195 e. The van der Waals surface area contributed by atoms with E-state index in [1.807, 2.05) is 40.3 Å². The summed E-state index contributed by atoms with van der Waals surface area (Å²) >= 11 is 6.26. The molecule has 0 N–H and O–H groups in total. The van der Waals surface area contributed by atoms with Crippen molar-refractivity contribution < 1.29 is 0 Å². The summed E-state index contributed by atoms with van der Waals surface area (Å²) in [5, 5.41) is 0.876. The molecule has 0 atom stereocenters. The largest absolute Gasteiger partial charge is 0.349 e. The molecular formula is C18H29ClN4. The lowest BCUT2D eigenvalue weighted by atomic mass is 9.96. The number of likely N-dealkylation sites (tertiary alicyclic amines) is 1. The van der Waals surface area contributed by atoms with Crippen LogP contribution in [0.5, 0.6) is 0 Å². The van der Waals surface area contributed by atoms with Crippen molar-refractivity contribution in [1.29, 1.82) is 0 Å². The van der Waals surface area contributed by atoms with Gasteiger partial charge in [-0.25, -0.2) is 0 Å². The number of guanidine groups is 1. The lowest BCUT2D eigenvalue weighted by Crippen LogP contribution is -2.37. The zero-order chi connectivity index (χ0) is 16.8. The molecular weight excluding hydrogens is 308 g/mol. The van der Waals surface area contributed by atoms with Crippen molar-refractivity contribution in [2.24, 2.45) is 10.9 Å². The molecule has 0 bridgehead atoms. The molecule has 5 heteroatoms. The van der Waals surface area contributed by atoms with E-state index in [9.17, 15) is 0 Å². The summed E-state index contributed by atoms with van der Waals surface area (Å²) in [6.45, 7) is 4.14. The van der Waals surface area contributed by atoms with Crippen LogP contribution in [0.4, 0.5) is 0 Å². The molecule has 0 aromatic heterocycles. The number of hydrogen-bond donors (Lipinski definition) is 0. The lowest BCUT2D eigenvalue weighted by Gasteiger charge is -2.32. The first kappa shape index (κ1) is 18.1. The number of benzene rings is 1. The molecule has 1 aliphatic rings. The average Bonchev–Trinajstić information content (AvgIpc) is 2.50. The third-order valence-electron chi connectivity index (χ3n) is 4.35. The molecule has 1 aromatic rings. The quantitative estimate of drug-likeness (QED) is 0.623. The van der Waals surface area contributed by atoms with Crippen LogP contribution in [0.15, 0.2) is 29.3 Å². The van der Waals surface area contributed by atoms with Crippen molar-refractivity contribution in [3.05, 3.63) is 34.9 Å². The summed E-state index contributed by atoms with van der Waals surface area (Å²) in [4.78, 5) is 11.5. The van der Waals surface area contributed by atoms with Gasteiger partial charge in [0.05, 0.1) is 0 Å². The Kier molecular flexibility index (Phi) is 6.72. The second-order valence-electron chi connectivity index (χ2n) is 6.74. The number of aliphatic imine (C=N–C) groups is 1. The highest BCUT2D eigenvalue weighted by Crippen LogP contribution is 2.22. The molecule has 0 amide bonds. The van der Waals surface area contributed by atoms with Crippen molar-refractivity contribution in [1.82, 2.24) is 14.7 Å². The van der Waals surface area contributed by atoms with E-state index in [-0.39, 0.29) is 0 Å². The first-order chi connectivity index (χ1) is 11.0. The van der Waals surface area contributed by atoms with Gasteiger partial charge in [0, 0.05) is 46.3 Å². The molecule has 0 unspecified atom stereocenters. The fourth-order valence-corrected chi connectivity index (χ4v) is 3.28. The number of hydrogen-bond acceptors (Lipinski definition) is 2. The third-order valence-corrected chi connectivity index (χ3v) is 4.72. The number of rotatable bonds is 4. The van der Waals surface area contributed by atoms with Gasteiger partial charge in [-0.1, -0.05) is 29.8 Å². The van der Waals surface area contributed by atoms with Crippen LogP contribution in [0.2, 0.25) is 5.02 Å². The molecule has 23 heavy (non-hydrogen) atoms. The molecule has 0 aliphatic carbocycles. The average molecular weight is 337 g/mol. The lowest BCUT2D eigenvalue weighted by molar-refractivity contribution is 0.180. The van der Waals surface area contributed by atoms with E-state index in [0.717, 1.165) is 37.2 Å². The Morgan fingerprint density at radius 2 is 1.74 bits per heavy atom. The fraction of sp³-hybridized carbons (Fsp3) is 0.611. The molecule has 2 rings (SSSR count). The van der Waals surface area contributed by atoms with Gasteiger partial charge in [-0.2, -0.15) is 0 Å². The highest BCUT2D eigenvalue weighted by molar-refractivity contribution is 6.31. The zero-order valence-electron chi connectivity index (χ0n) is 14.8. The summed E-state index contributed by atoms with van der Waals surface area (Å²) in [5.74, 6) is 1.73. The molecule has 0 saturated carbocycles. The van der Waals surface area contributed by atoms with Gasteiger partial charge >= 0.3 is 0 Å². The molecule has 1 heterocycles.